The Kier molecular flexibility index (Phi) is 7.89. The number of para-hydroxylation sites is 1. The fraction of sp³-hybridized carbons (Fsp3) is 0.395. The van der Waals surface area contributed by atoms with Crippen molar-refractivity contribution in [2.24, 2.45) is 16.2 Å². The van der Waals surface area contributed by atoms with Gasteiger partial charge < -0.3 is 9.84 Å². The van der Waals surface area contributed by atoms with Gasteiger partial charge in [-0.2, -0.15) is 5.10 Å². The number of anilines is 1. The van der Waals surface area contributed by atoms with Crippen LogP contribution in [-0.4, -0.2) is 53.4 Å². The van der Waals surface area contributed by atoms with E-state index in [9.17, 15) is 14.7 Å². The van der Waals surface area contributed by atoms with Crippen molar-refractivity contribution < 1.29 is 19.4 Å². The minimum absolute atomic E-state index is 0.0591. The average Bonchev–Trinajstić information content (AvgIpc) is 3.66. The first kappa shape index (κ1) is 34.7. The summed E-state index contributed by atoms with van der Waals surface area (Å²) in [6, 6.07) is 18.6. The summed E-state index contributed by atoms with van der Waals surface area (Å²) in [4.78, 5) is 40.2. The molecule has 10 nitrogen and oxygen atoms in total. The molecule has 11 heteroatoms. The van der Waals surface area contributed by atoms with Gasteiger partial charge in [-0.25, -0.2) is 14.8 Å². The molecule has 4 aliphatic rings. The minimum Gasteiger partial charge on any atom is -0.476 e. The Bertz CT molecular complexity index is 2450. The standard InChI is InChI=1S/C43H44N6O4S/c1-25(2)53-43-21-40(4)18-41(5,22-43)20-42(19-40,23-43)24-49-26(3)31(17-45-49)28-13-14-32(46-36(28)38(51)52)27-15-30-29(9-8-11-33(30)44-16-27)37(50)48-39-47-34-10-6-7-12-35(34)54-39/h6-17,25H,18-24H2,1-5H3,(H,51,52)(H,47,48,50). The number of benzene rings is 2. The summed E-state index contributed by atoms with van der Waals surface area (Å²) >= 11 is 1.41. The number of carboxylic acid groups (broad SMARTS) is 1. The molecule has 276 valence electrons. The number of amides is 1. The summed E-state index contributed by atoms with van der Waals surface area (Å²) in [5.74, 6) is -1.43. The molecule has 54 heavy (non-hydrogen) atoms. The van der Waals surface area contributed by atoms with Gasteiger partial charge in [-0.05, 0) is 118 Å². The van der Waals surface area contributed by atoms with Crippen molar-refractivity contribution in [2.45, 2.75) is 91.4 Å². The maximum Gasteiger partial charge on any atom is 0.355 e. The Morgan fingerprint density at radius 1 is 0.907 bits per heavy atom. The van der Waals surface area contributed by atoms with Crippen molar-refractivity contribution >= 4 is 49.5 Å². The van der Waals surface area contributed by atoms with Crippen LogP contribution in [0.4, 0.5) is 5.13 Å². The zero-order chi connectivity index (χ0) is 37.6. The number of rotatable bonds is 9. The molecule has 0 spiro atoms. The topological polar surface area (TPSA) is 132 Å². The maximum atomic E-state index is 13.5. The van der Waals surface area contributed by atoms with Gasteiger partial charge in [-0.1, -0.05) is 43.4 Å². The maximum absolute atomic E-state index is 13.5. The SMILES string of the molecule is Cc1c(-c2ccc(-c3cnc4cccc(C(=O)Nc5nc6ccccc6s5)c4c3)nc2C(=O)O)cnn1CC12CC3(C)CC(C)(C1)CC(OC(C)C)(C3)C2. The van der Waals surface area contributed by atoms with Crippen LogP contribution < -0.4 is 5.32 Å². The highest BCUT2D eigenvalue weighted by Gasteiger charge is 2.66. The summed E-state index contributed by atoms with van der Waals surface area (Å²) in [6.45, 7) is 12.0. The molecule has 0 saturated heterocycles. The summed E-state index contributed by atoms with van der Waals surface area (Å²) < 4.78 is 9.86. The number of pyridine rings is 2. The van der Waals surface area contributed by atoms with Crippen LogP contribution in [-0.2, 0) is 11.3 Å². The number of aromatic carboxylic acids is 1. The molecule has 2 N–H and O–H groups in total. The van der Waals surface area contributed by atoms with Crippen molar-refractivity contribution in [3.8, 4) is 22.4 Å². The van der Waals surface area contributed by atoms with Crippen LogP contribution in [0, 0.1) is 23.2 Å². The number of hydrogen-bond acceptors (Lipinski definition) is 8. The lowest BCUT2D eigenvalue weighted by Crippen LogP contribution is -2.64. The number of ether oxygens (including phenoxy) is 1. The minimum atomic E-state index is -1.13. The fourth-order valence-corrected chi connectivity index (χ4v) is 12.2. The summed E-state index contributed by atoms with van der Waals surface area (Å²) in [7, 11) is 0. The van der Waals surface area contributed by atoms with E-state index >= 15 is 0 Å². The van der Waals surface area contributed by atoms with Crippen LogP contribution in [0.25, 0.3) is 43.5 Å². The van der Waals surface area contributed by atoms with Crippen LogP contribution in [0.15, 0.2) is 73.1 Å². The first-order chi connectivity index (χ1) is 25.7. The van der Waals surface area contributed by atoms with Gasteiger partial charge in [-0.3, -0.25) is 19.8 Å². The van der Waals surface area contributed by atoms with Crippen molar-refractivity contribution in [1.29, 1.82) is 0 Å². The smallest absolute Gasteiger partial charge is 0.355 e. The number of thiazole rings is 1. The first-order valence-electron chi connectivity index (χ1n) is 18.7. The third kappa shape index (κ3) is 5.98. The number of hydrogen-bond donors (Lipinski definition) is 2. The van der Waals surface area contributed by atoms with E-state index in [-0.39, 0.29) is 39.6 Å². The van der Waals surface area contributed by atoms with Gasteiger partial charge in [0, 0.05) is 46.1 Å². The van der Waals surface area contributed by atoms with E-state index < -0.39 is 5.97 Å². The van der Waals surface area contributed by atoms with Crippen molar-refractivity contribution in [3.05, 3.63) is 90.0 Å². The highest BCUT2D eigenvalue weighted by Crippen LogP contribution is 2.72. The van der Waals surface area contributed by atoms with Crippen molar-refractivity contribution in [3.63, 3.8) is 0 Å². The molecule has 4 bridgehead atoms. The quantitative estimate of drug-likeness (QED) is 0.150. The van der Waals surface area contributed by atoms with Crippen LogP contribution in [0.5, 0.6) is 0 Å². The van der Waals surface area contributed by atoms with Gasteiger partial charge in [0.15, 0.2) is 10.8 Å². The highest BCUT2D eigenvalue weighted by atomic mass is 32.1. The first-order valence-corrected chi connectivity index (χ1v) is 19.6. The van der Waals surface area contributed by atoms with E-state index in [0.29, 0.717) is 38.4 Å². The van der Waals surface area contributed by atoms with Gasteiger partial charge in [-0.15, -0.1) is 0 Å². The molecular formula is C43H44N6O4S. The van der Waals surface area contributed by atoms with E-state index in [1.54, 1.807) is 24.5 Å². The molecule has 4 aromatic heterocycles. The molecule has 1 amide bonds. The van der Waals surface area contributed by atoms with Gasteiger partial charge in [0.1, 0.15) is 0 Å². The zero-order valence-electron chi connectivity index (χ0n) is 31.3. The molecule has 4 aliphatic carbocycles. The number of nitrogens with one attached hydrogen (secondary N) is 1. The predicted octanol–water partition coefficient (Wildman–Crippen LogP) is 9.57. The number of carboxylic acids is 1. The molecular weight excluding hydrogens is 697 g/mol. The number of carbonyl (C=O) groups excluding carboxylic acids is 1. The largest absolute Gasteiger partial charge is 0.476 e. The second kappa shape index (κ2) is 12.3. The molecule has 4 saturated carbocycles. The van der Waals surface area contributed by atoms with Crippen molar-refractivity contribution in [2.75, 3.05) is 5.32 Å². The molecule has 2 unspecified atom stereocenters. The van der Waals surface area contributed by atoms with Crippen molar-refractivity contribution in [1.82, 2.24) is 24.7 Å². The molecule has 0 radical (unpaired) electrons. The Morgan fingerprint density at radius 3 is 2.41 bits per heavy atom. The molecule has 4 heterocycles. The Labute approximate surface area is 318 Å². The molecule has 2 aromatic carbocycles. The Morgan fingerprint density at radius 2 is 1.67 bits per heavy atom. The number of carbonyl (C=O) groups is 2. The van der Waals surface area contributed by atoms with E-state index in [2.05, 4.69) is 52.6 Å². The van der Waals surface area contributed by atoms with Gasteiger partial charge >= 0.3 is 5.97 Å². The Balaban J connectivity index is 1.02. The molecule has 0 aliphatic heterocycles. The second-order valence-corrected chi connectivity index (χ2v) is 18.3. The second-order valence-electron chi connectivity index (χ2n) is 17.3. The van der Waals surface area contributed by atoms with E-state index in [1.165, 1.54) is 17.8 Å². The molecule has 10 rings (SSSR count). The lowest BCUT2D eigenvalue weighted by Gasteiger charge is -2.69. The van der Waals surface area contributed by atoms with Gasteiger partial charge in [0.2, 0.25) is 0 Å². The summed E-state index contributed by atoms with van der Waals surface area (Å²) in [6.07, 6.45) is 10.4. The third-order valence-electron chi connectivity index (χ3n) is 11.9. The average molecular weight is 741 g/mol. The summed E-state index contributed by atoms with van der Waals surface area (Å²) in [5.41, 5.74) is 5.50. The fourth-order valence-electron chi connectivity index (χ4n) is 11.4. The lowest BCUT2D eigenvalue weighted by molar-refractivity contribution is -0.258. The third-order valence-corrected chi connectivity index (χ3v) is 12.8. The lowest BCUT2D eigenvalue weighted by atomic mass is 9.39. The van der Waals surface area contributed by atoms with E-state index in [4.69, 9.17) is 9.84 Å². The van der Waals surface area contributed by atoms with Crippen LogP contribution in [0.3, 0.4) is 0 Å². The molecule has 4 fully saturated rings. The van der Waals surface area contributed by atoms with Crippen LogP contribution in [0.1, 0.15) is 92.8 Å². The number of aromatic nitrogens is 5. The molecule has 2 atom stereocenters. The van der Waals surface area contributed by atoms with Gasteiger partial charge in [0.05, 0.1) is 39.3 Å². The zero-order valence-corrected chi connectivity index (χ0v) is 32.1. The highest BCUT2D eigenvalue weighted by molar-refractivity contribution is 7.22. The summed E-state index contributed by atoms with van der Waals surface area (Å²) in [5, 5.41) is 19.4. The predicted molar refractivity (Wildman–Crippen MR) is 211 cm³/mol. The van der Waals surface area contributed by atoms with Gasteiger partial charge in [0.25, 0.3) is 5.91 Å². The molecule has 6 aromatic rings. The van der Waals surface area contributed by atoms with E-state index in [0.717, 1.165) is 60.1 Å². The normalized spacial score (nSPS) is 25.9. The number of nitrogens with zero attached hydrogens (tertiary/aromatic N) is 5. The Hall–Kier alpha value is -5.00. The number of fused-ring (bicyclic) bond motifs is 2. The van der Waals surface area contributed by atoms with Crippen LogP contribution in [0.2, 0.25) is 0 Å². The van der Waals surface area contributed by atoms with E-state index in [1.807, 2.05) is 55.5 Å². The monoisotopic (exact) mass is 740 g/mol. The van der Waals surface area contributed by atoms with Crippen LogP contribution >= 0.6 is 11.3 Å².